The first-order valence-corrected chi connectivity index (χ1v) is 7.93. The van der Waals surface area contributed by atoms with Gasteiger partial charge in [-0.25, -0.2) is 0 Å². The summed E-state index contributed by atoms with van der Waals surface area (Å²) in [5.41, 5.74) is 0. The van der Waals surface area contributed by atoms with Crippen molar-refractivity contribution in [3.63, 3.8) is 0 Å². The van der Waals surface area contributed by atoms with Crippen LogP contribution >= 0.6 is 45.2 Å². The zero-order valence-electron chi connectivity index (χ0n) is 9.37. The number of benzene rings is 4. The predicted octanol–water partition coefficient (Wildman–Crippen LogP) is 5.79. The molecule has 0 aliphatic carbocycles. The summed E-state index contributed by atoms with van der Waals surface area (Å²) in [7, 11) is 0. The molecule has 0 aliphatic heterocycles. The van der Waals surface area contributed by atoms with Gasteiger partial charge in [0.15, 0.2) is 0 Å². The van der Waals surface area contributed by atoms with E-state index in [4.69, 9.17) is 0 Å². The van der Waals surface area contributed by atoms with Crippen LogP contribution in [0.5, 0.6) is 0 Å². The average Bonchev–Trinajstić information content (AvgIpc) is 2.40. The summed E-state index contributed by atoms with van der Waals surface area (Å²) >= 11 is 4.85. The zero-order chi connectivity index (χ0) is 12.3. The van der Waals surface area contributed by atoms with Crippen molar-refractivity contribution in [3.05, 3.63) is 55.7 Å². The van der Waals surface area contributed by atoms with Crippen LogP contribution in [-0.2, 0) is 0 Å². The first kappa shape index (κ1) is 11.2. The highest BCUT2D eigenvalue weighted by atomic mass is 127. The van der Waals surface area contributed by atoms with Gasteiger partial charge in [-0.05, 0) is 89.6 Å². The lowest BCUT2D eigenvalue weighted by Crippen LogP contribution is -1.87. The smallest absolute Gasteiger partial charge is 0.0209 e. The van der Waals surface area contributed by atoms with Crippen LogP contribution in [0, 0.1) is 7.14 Å². The molecule has 4 aromatic carbocycles. The van der Waals surface area contributed by atoms with Gasteiger partial charge >= 0.3 is 0 Å². The summed E-state index contributed by atoms with van der Waals surface area (Å²) < 4.78 is 2.65. The molecule has 0 saturated heterocycles. The molecule has 0 atom stereocenters. The van der Waals surface area contributed by atoms with Crippen molar-refractivity contribution in [1.29, 1.82) is 0 Å². The SMILES string of the molecule is Ic1ccc2ccc3c(I)ccc4ccc1c2c43. The minimum atomic E-state index is 1.33. The fourth-order valence-electron chi connectivity index (χ4n) is 2.73. The Bertz CT molecular complexity index is 818. The number of hydrogen-bond acceptors (Lipinski definition) is 0. The Morgan fingerprint density at radius 1 is 0.500 bits per heavy atom. The fourth-order valence-corrected chi connectivity index (χ4v) is 3.99. The number of hydrogen-bond donors (Lipinski definition) is 0. The lowest BCUT2D eigenvalue weighted by molar-refractivity contribution is 1.72. The van der Waals surface area contributed by atoms with Gasteiger partial charge in [0.1, 0.15) is 0 Å². The largest absolute Gasteiger partial charge is 0.0537 e. The molecule has 4 rings (SSSR count). The molecule has 0 radical (unpaired) electrons. The molecule has 0 saturated carbocycles. The van der Waals surface area contributed by atoms with E-state index in [2.05, 4.69) is 93.7 Å². The summed E-state index contributed by atoms with van der Waals surface area (Å²) in [5, 5.41) is 8.24. The number of halogens is 2. The van der Waals surface area contributed by atoms with Crippen LogP contribution in [0.4, 0.5) is 0 Å². The Balaban J connectivity index is 2.47. The van der Waals surface area contributed by atoms with Crippen molar-refractivity contribution in [2.24, 2.45) is 0 Å². The highest BCUT2D eigenvalue weighted by molar-refractivity contribution is 14.1. The minimum Gasteiger partial charge on any atom is -0.0537 e. The third-order valence-corrected chi connectivity index (χ3v) is 5.44. The van der Waals surface area contributed by atoms with Gasteiger partial charge in [-0.1, -0.05) is 36.4 Å². The van der Waals surface area contributed by atoms with E-state index in [0.717, 1.165) is 0 Å². The van der Waals surface area contributed by atoms with Crippen molar-refractivity contribution < 1.29 is 0 Å². The van der Waals surface area contributed by atoms with Crippen LogP contribution in [0.3, 0.4) is 0 Å². The Kier molecular flexibility index (Phi) is 2.45. The second-order valence-corrected chi connectivity index (χ2v) is 6.84. The maximum Gasteiger partial charge on any atom is 0.0209 e. The standard InChI is InChI=1S/C16H8I2/c17-13-8-4-10-2-6-12-14(18)7-3-9-1-5-11(13)16(10)15(9)12/h1-8H. The van der Waals surface area contributed by atoms with Crippen molar-refractivity contribution in [2.45, 2.75) is 0 Å². The van der Waals surface area contributed by atoms with Gasteiger partial charge in [-0.2, -0.15) is 0 Å². The first-order chi connectivity index (χ1) is 8.75. The second kappa shape index (κ2) is 3.93. The lowest BCUT2D eigenvalue weighted by Gasteiger charge is -2.12. The molecule has 0 bridgehead atoms. The molecule has 0 spiro atoms. The van der Waals surface area contributed by atoms with Crippen LogP contribution in [0.25, 0.3) is 32.3 Å². The van der Waals surface area contributed by atoms with E-state index in [1.807, 2.05) is 0 Å². The molecule has 86 valence electrons. The van der Waals surface area contributed by atoms with Crippen LogP contribution in [0.2, 0.25) is 0 Å². The van der Waals surface area contributed by atoms with Gasteiger partial charge < -0.3 is 0 Å². The Labute approximate surface area is 132 Å². The summed E-state index contributed by atoms with van der Waals surface area (Å²) in [6, 6.07) is 17.8. The van der Waals surface area contributed by atoms with Crippen LogP contribution in [-0.4, -0.2) is 0 Å². The molecule has 0 aliphatic rings. The molecular formula is C16H8I2. The summed E-state index contributed by atoms with van der Waals surface area (Å²) in [4.78, 5) is 0. The summed E-state index contributed by atoms with van der Waals surface area (Å²) in [6.07, 6.45) is 0. The maximum atomic E-state index is 2.43. The molecular weight excluding hydrogens is 446 g/mol. The Morgan fingerprint density at radius 2 is 0.889 bits per heavy atom. The maximum absolute atomic E-state index is 2.43. The molecule has 0 nitrogen and oxygen atoms in total. The van der Waals surface area contributed by atoms with E-state index in [1.165, 1.54) is 39.5 Å². The summed E-state index contributed by atoms with van der Waals surface area (Å²) in [6.45, 7) is 0. The highest BCUT2D eigenvalue weighted by Gasteiger charge is 2.10. The second-order valence-electron chi connectivity index (χ2n) is 4.52. The van der Waals surface area contributed by atoms with E-state index in [9.17, 15) is 0 Å². The predicted molar refractivity (Wildman–Crippen MR) is 95.6 cm³/mol. The van der Waals surface area contributed by atoms with E-state index in [1.54, 1.807) is 0 Å². The van der Waals surface area contributed by atoms with E-state index in [-0.39, 0.29) is 0 Å². The van der Waals surface area contributed by atoms with Gasteiger partial charge in [0.05, 0.1) is 0 Å². The van der Waals surface area contributed by atoms with Gasteiger partial charge in [-0.3, -0.25) is 0 Å². The first-order valence-electron chi connectivity index (χ1n) is 5.77. The van der Waals surface area contributed by atoms with Crippen molar-refractivity contribution in [3.8, 4) is 0 Å². The van der Waals surface area contributed by atoms with E-state index in [0.29, 0.717) is 0 Å². The molecule has 0 N–H and O–H groups in total. The van der Waals surface area contributed by atoms with Crippen molar-refractivity contribution >= 4 is 77.5 Å². The molecule has 18 heavy (non-hydrogen) atoms. The molecule has 0 fully saturated rings. The topological polar surface area (TPSA) is 0 Å². The molecule has 0 heterocycles. The normalized spacial score (nSPS) is 11.9. The van der Waals surface area contributed by atoms with Crippen LogP contribution in [0.15, 0.2) is 48.5 Å². The van der Waals surface area contributed by atoms with E-state index >= 15 is 0 Å². The monoisotopic (exact) mass is 454 g/mol. The average molecular weight is 454 g/mol. The lowest BCUT2D eigenvalue weighted by atomic mass is 9.94. The van der Waals surface area contributed by atoms with Gasteiger partial charge in [0.2, 0.25) is 0 Å². The van der Waals surface area contributed by atoms with Crippen LogP contribution in [0.1, 0.15) is 0 Å². The summed E-state index contributed by atoms with van der Waals surface area (Å²) in [5.74, 6) is 0. The molecule has 0 amide bonds. The fraction of sp³-hybridized carbons (Fsp3) is 0. The zero-order valence-corrected chi connectivity index (χ0v) is 13.7. The molecule has 0 unspecified atom stereocenters. The Morgan fingerprint density at radius 3 is 1.33 bits per heavy atom. The quantitative estimate of drug-likeness (QED) is 0.233. The molecule has 4 aromatic rings. The van der Waals surface area contributed by atoms with Crippen molar-refractivity contribution in [2.75, 3.05) is 0 Å². The van der Waals surface area contributed by atoms with Crippen LogP contribution < -0.4 is 0 Å². The Hall–Kier alpha value is -0.620. The van der Waals surface area contributed by atoms with Gasteiger partial charge in [0, 0.05) is 7.14 Å². The third kappa shape index (κ3) is 1.42. The highest BCUT2D eigenvalue weighted by Crippen LogP contribution is 2.37. The van der Waals surface area contributed by atoms with Crippen molar-refractivity contribution in [1.82, 2.24) is 0 Å². The molecule has 0 aromatic heterocycles. The van der Waals surface area contributed by atoms with Gasteiger partial charge in [0.25, 0.3) is 0 Å². The van der Waals surface area contributed by atoms with E-state index < -0.39 is 0 Å². The minimum absolute atomic E-state index is 1.33. The number of rotatable bonds is 0. The third-order valence-electron chi connectivity index (χ3n) is 3.56. The molecule has 2 heteroatoms. The van der Waals surface area contributed by atoms with Gasteiger partial charge in [-0.15, -0.1) is 0 Å².